The van der Waals surface area contributed by atoms with Gasteiger partial charge in [-0.05, 0) is 18.8 Å². The van der Waals surface area contributed by atoms with Crippen molar-refractivity contribution in [2.24, 2.45) is 5.92 Å². The molecule has 2 aliphatic rings. The Morgan fingerprint density at radius 1 is 1.44 bits per heavy atom. The summed E-state index contributed by atoms with van der Waals surface area (Å²) in [6.07, 6.45) is 4.06. The van der Waals surface area contributed by atoms with E-state index in [4.69, 9.17) is 0 Å². The van der Waals surface area contributed by atoms with E-state index in [1.54, 1.807) is 0 Å². The summed E-state index contributed by atoms with van der Waals surface area (Å²) in [6.45, 7) is 1.19. The van der Waals surface area contributed by atoms with E-state index in [2.05, 4.69) is 25.9 Å². The Labute approximate surface area is 92.9 Å². The van der Waals surface area contributed by atoms with Crippen molar-refractivity contribution in [3.63, 3.8) is 0 Å². The van der Waals surface area contributed by atoms with Gasteiger partial charge >= 0.3 is 0 Å². The van der Waals surface area contributed by atoms with E-state index in [1.807, 2.05) is 0 Å². The van der Waals surface area contributed by atoms with Crippen LogP contribution in [0.15, 0.2) is 6.33 Å². The lowest BCUT2D eigenvalue weighted by atomic mass is 10.3. The zero-order valence-corrected chi connectivity index (χ0v) is 8.79. The molecular formula is C10H13N5O. The number of nitrogens with one attached hydrogen (secondary N) is 3. The van der Waals surface area contributed by atoms with Gasteiger partial charge in [0.15, 0.2) is 11.6 Å². The fourth-order valence-electron chi connectivity index (χ4n) is 1.68. The summed E-state index contributed by atoms with van der Waals surface area (Å²) in [5, 5.41) is 8.99. The molecule has 84 valence electrons. The number of rotatable bonds is 3. The van der Waals surface area contributed by atoms with Crippen LogP contribution >= 0.6 is 0 Å². The highest BCUT2D eigenvalue weighted by atomic mass is 16.2. The molecule has 6 nitrogen and oxygen atoms in total. The van der Waals surface area contributed by atoms with Crippen molar-refractivity contribution >= 4 is 23.2 Å². The van der Waals surface area contributed by atoms with Crippen LogP contribution in [0.5, 0.6) is 0 Å². The van der Waals surface area contributed by atoms with E-state index >= 15 is 0 Å². The number of hydrogen-bond acceptors (Lipinski definition) is 5. The third kappa shape index (κ3) is 1.78. The lowest BCUT2D eigenvalue weighted by Crippen LogP contribution is -2.29. The van der Waals surface area contributed by atoms with Gasteiger partial charge in [0.1, 0.15) is 12.0 Å². The van der Waals surface area contributed by atoms with Crippen LogP contribution < -0.4 is 16.0 Å². The molecule has 0 unspecified atom stereocenters. The second kappa shape index (κ2) is 3.62. The van der Waals surface area contributed by atoms with Crippen molar-refractivity contribution in [3.05, 3.63) is 6.33 Å². The topological polar surface area (TPSA) is 78.9 Å². The Morgan fingerprint density at radius 2 is 2.31 bits per heavy atom. The molecule has 1 saturated carbocycles. The number of carbonyl (C=O) groups is 1. The molecule has 1 aliphatic carbocycles. The van der Waals surface area contributed by atoms with Crippen LogP contribution in [0.25, 0.3) is 0 Å². The Bertz CT molecular complexity index is 429. The summed E-state index contributed by atoms with van der Waals surface area (Å²) in [7, 11) is 0. The number of anilines is 3. The zero-order chi connectivity index (χ0) is 11.0. The number of amides is 1. The van der Waals surface area contributed by atoms with Gasteiger partial charge in [0.05, 0.1) is 6.54 Å². The van der Waals surface area contributed by atoms with Gasteiger partial charge in [-0.15, -0.1) is 0 Å². The van der Waals surface area contributed by atoms with E-state index in [-0.39, 0.29) is 12.5 Å². The second-order valence-electron chi connectivity index (χ2n) is 4.17. The van der Waals surface area contributed by atoms with Crippen LogP contribution in [0.4, 0.5) is 17.3 Å². The van der Waals surface area contributed by atoms with Crippen molar-refractivity contribution in [3.8, 4) is 0 Å². The maximum Gasteiger partial charge on any atom is 0.243 e. The normalized spacial score (nSPS) is 18.4. The summed E-state index contributed by atoms with van der Waals surface area (Å²) >= 11 is 0. The molecular weight excluding hydrogens is 206 g/mol. The van der Waals surface area contributed by atoms with Gasteiger partial charge in [0, 0.05) is 6.54 Å². The first-order valence-electron chi connectivity index (χ1n) is 5.45. The number of hydrogen-bond donors (Lipinski definition) is 3. The van der Waals surface area contributed by atoms with Crippen LogP contribution in [0.3, 0.4) is 0 Å². The van der Waals surface area contributed by atoms with Crippen LogP contribution in [0, 0.1) is 5.92 Å². The highest BCUT2D eigenvalue weighted by Crippen LogP contribution is 2.32. The highest BCUT2D eigenvalue weighted by molar-refractivity contribution is 6.02. The molecule has 1 aromatic rings. The predicted octanol–water partition coefficient (Wildman–Crippen LogP) is 0.662. The van der Waals surface area contributed by atoms with Crippen molar-refractivity contribution < 1.29 is 4.79 Å². The average Bonchev–Trinajstić information content (AvgIpc) is 3.10. The van der Waals surface area contributed by atoms with Crippen molar-refractivity contribution in [1.82, 2.24) is 9.97 Å². The molecule has 3 N–H and O–H groups in total. The SMILES string of the molecule is O=C1CNc2ncnc(NCC3CC3)c2N1. The van der Waals surface area contributed by atoms with Crippen molar-refractivity contribution in [1.29, 1.82) is 0 Å². The molecule has 0 saturated heterocycles. The lowest BCUT2D eigenvalue weighted by molar-refractivity contribution is -0.114. The molecule has 0 atom stereocenters. The van der Waals surface area contributed by atoms with Gasteiger partial charge in [-0.2, -0.15) is 0 Å². The summed E-state index contributed by atoms with van der Waals surface area (Å²) in [5.74, 6) is 2.10. The molecule has 0 spiro atoms. The van der Waals surface area contributed by atoms with E-state index in [9.17, 15) is 4.79 Å². The Kier molecular flexibility index (Phi) is 2.12. The molecule has 1 fully saturated rings. The zero-order valence-electron chi connectivity index (χ0n) is 8.79. The molecule has 1 aliphatic heterocycles. The molecule has 1 aromatic heterocycles. The Balaban J connectivity index is 1.82. The van der Waals surface area contributed by atoms with Gasteiger partial charge in [0.25, 0.3) is 0 Å². The van der Waals surface area contributed by atoms with E-state index in [1.165, 1.54) is 19.2 Å². The fourth-order valence-corrected chi connectivity index (χ4v) is 1.68. The Hall–Kier alpha value is -1.85. The minimum absolute atomic E-state index is 0.0585. The van der Waals surface area contributed by atoms with Crippen LogP contribution in [0.1, 0.15) is 12.8 Å². The van der Waals surface area contributed by atoms with Crippen LogP contribution in [-0.2, 0) is 4.79 Å². The second-order valence-corrected chi connectivity index (χ2v) is 4.17. The molecule has 0 bridgehead atoms. The first kappa shape index (κ1) is 9.38. The van der Waals surface area contributed by atoms with Gasteiger partial charge in [0.2, 0.25) is 5.91 Å². The van der Waals surface area contributed by atoms with Crippen LogP contribution in [-0.4, -0.2) is 29.0 Å². The molecule has 3 rings (SSSR count). The maximum absolute atomic E-state index is 11.3. The van der Waals surface area contributed by atoms with Gasteiger partial charge in [-0.25, -0.2) is 9.97 Å². The van der Waals surface area contributed by atoms with Crippen molar-refractivity contribution in [2.75, 3.05) is 29.0 Å². The van der Waals surface area contributed by atoms with E-state index < -0.39 is 0 Å². The Morgan fingerprint density at radius 3 is 3.12 bits per heavy atom. The number of carbonyl (C=O) groups excluding carboxylic acids is 1. The minimum atomic E-state index is -0.0585. The monoisotopic (exact) mass is 219 g/mol. The number of nitrogens with zero attached hydrogens (tertiary/aromatic N) is 2. The summed E-state index contributed by atoms with van der Waals surface area (Å²) in [5.41, 5.74) is 0.666. The average molecular weight is 219 g/mol. The van der Waals surface area contributed by atoms with Crippen LogP contribution in [0.2, 0.25) is 0 Å². The molecule has 6 heteroatoms. The smallest absolute Gasteiger partial charge is 0.243 e. The van der Waals surface area contributed by atoms with Gasteiger partial charge < -0.3 is 16.0 Å². The summed E-state index contributed by atoms with van der Waals surface area (Å²) in [6, 6.07) is 0. The molecule has 16 heavy (non-hydrogen) atoms. The van der Waals surface area contributed by atoms with Crippen molar-refractivity contribution in [2.45, 2.75) is 12.8 Å². The quantitative estimate of drug-likeness (QED) is 0.696. The van der Waals surface area contributed by atoms with Gasteiger partial charge in [-0.3, -0.25) is 4.79 Å². The third-order valence-electron chi connectivity index (χ3n) is 2.78. The lowest BCUT2D eigenvalue weighted by Gasteiger charge is -2.19. The summed E-state index contributed by atoms with van der Waals surface area (Å²) < 4.78 is 0. The third-order valence-corrected chi connectivity index (χ3v) is 2.78. The number of fused-ring (bicyclic) bond motifs is 1. The van der Waals surface area contributed by atoms with E-state index in [0.717, 1.165) is 12.5 Å². The molecule has 2 heterocycles. The van der Waals surface area contributed by atoms with Gasteiger partial charge in [-0.1, -0.05) is 0 Å². The molecule has 1 amide bonds. The largest absolute Gasteiger partial charge is 0.368 e. The minimum Gasteiger partial charge on any atom is -0.368 e. The first-order valence-corrected chi connectivity index (χ1v) is 5.45. The standard InChI is InChI=1S/C10H13N5O/c16-7-4-12-10-8(15-7)9(13-5-14-10)11-3-6-1-2-6/h5-6H,1-4H2,(H,15,16)(H2,11,12,13,14). The fraction of sp³-hybridized carbons (Fsp3) is 0.500. The highest BCUT2D eigenvalue weighted by Gasteiger charge is 2.23. The maximum atomic E-state index is 11.3. The molecule has 0 aromatic carbocycles. The van der Waals surface area contributed by atoms with E-state index in [0.29, 0.717) is 17.3 Å². The summed E-state index contributed by atoms with van der Waals surface area (Å²) in [4.78, 5) is 19.5. The first-order chi connectivity index (χ1) is 7.83. The number of aromatic nitrogens is 2. The molecule has 0 radical (unpaired) electrons. The predicted molar refractivity (Wildman–Crippen MR) is 60.4 cm³/mol.